The molecule has 0 atom stereocenters. The highest BCUT2D eigenvalue weighted by molar-refractivity contribution is 6.31. The van der Waals surface area contributed by atoms with Gasteiger partial charge >= 0.3 is 0 Å². The highest BCUT2D eigenvalue weighted by atomic mass is 35.5. The van der Waals surface area contributed by atoms with Crippen LogP contribution in [0.5, 0.6) is 5.75 Å². The molecule has 0 aliphatic carbocycles. The van der Waals surface area contributed by atoms with Gasteiger partial charge in [-0.2, -0.15) is 5.10 Å². The Labute approximate surface area is 138 Å². The van der Waals surface area contributed by atoms with Crippen LogP contribution in [0.2, 0.25) is 5.02 Å². The lowest BCUT2D eigenvalue weighted by Gasteiger charge is -2.05. The van der Waals surface area contributed by atoms with Crippen LogP contribution in [0.25, 0.3) is 0 Å². The fraction of sp³-hybridized carbons (Fsp3) is 0.0588. The molecule has 0 saturated heterocycles. The van der Waals surface area contributed by atoms with Crippen LogP contribution in [-0.4, -0.2) is 20.8 Å². The highest BCUT2D eigenvalue weighted by Crippen LogP contribution is 2.22. The first-order valence-corrected chi connectivity index (χ1v) is 7.36. The number of nitrogens with one attached hydrogen (secondary N) is 1. The minimum Gasteiger partial charge on any atom is -0.506 e. The van der Waals surface area contributed by atoms with Crippen molar-refractivity contribution < 1.29 is 9.90 Å². The molecule has 0 fully saturated rings. The van der Waals surface area contributed by atoms with Gasteiger partial charge in [0.1, 0.15) is 5.75 Å². The summed E-state index contributed by atoms with van der Waals surface area (Å²) in [4.78, 5) is 12.2. The third-order valence-electron chi connectivity index (χ3n) is 3.34. The van der Waals surface area contributed by atoms with E-state index in [4.69, 9.17) is 11.6 Å². The van der Waals surface area contributed by atoms with E-state index in [0.717, 1.165) is 5.56 Å². The molecule has 2 N–H and O–H groups in total. The van der Waals surface area contributed by atoms with Gasteiger partial charge in [0.15, 0.2) is 0 Å². The van der Waals surface area contributed by atoms with E-state index in [0.29, 0.717) is 22.8 Å². The normalized spacial score (nSPS) is 10.5. The van der Waals surface area contributed by atoms with E-state index in [9.17, 15) is 9.90 Å². The van der Waals surface area contributed by atoms with Crippen molar-refractivity contribution in [2.75, 3.05) is 5.32 Å². The molecule has 6 heteroatoms. The standard InChI is InChI=1S/C17H14ClN3O2/c18-14-6-2-1-5-12(14)10-21-11-13(9-19-21)17(23)20-15-7-3-4-8-16(15)22/h1-9,11,22H,10H2,(H,20,23). The Bertz CT molecular complexity index is 845. The summed E-state index contributed by atoms with van der Waals surface area (Å²) in [6.07, 6.45) is 3.12. The van der Waals surface area contributed by atoms with Crippen LogP contribution in [0.1, 0.15) is 15.9 Å². The number of hydrogen-bond acceptors (Lipinski definition) is 3. The Kier molecular flexibility index (Phi) is 4.30. The van der Waals surface area contributed by atoms with Crippen LogP contribution in [0.15, 0.2) is 60.9 Å². The van der Waals surface area contributed by atoms with Gasteiger partial charge < -0.3 is 10.4 Å². The van der Waals surface area contributed by atoms with Crippen LogP contribution in [0.4, 0.5) is 5.69 Å². The summed E-state index contributed by atoms with van der Waals surface area (Å²) >= 11 is 6.12. The summed E-state index contributed by atoms with van der Waals surface area (Å²) in [7, 11) is 0. The lowest BCUT2D eigenvalue weighted by atomic mass is 10.2. The molecule has 0 unspecified atom stereocenters. The maximum atomic E-state index is 12.2. The molecule has 2 aromatic carbocycles. The second-order valence-corrected chi connectivity index (χ2v) is 5.40. The van der Waals surface area contributed by atoms with Crippen molar-refractivity contribution in [3.05, 3.63) is 77.1 Å². The number of phenols is 1. The Morgan fingerprint density at radius 2 is 1.91 bits per heavy atom. The molecule has 1 heterocycles. The van der Waals surface area contributed by atoms with Crippen molar-refractivity contribution in [2.45, 2.75) is 6.54 Å². The Balaban J connectivity index is 1.73. The van der Waals surface area contributed by atoms with E-state index in [2.05, 4.69) is 10.4 Å². The minimum atomic E-state index is -0.336. The van der Waals surface area contributed by atoms with Crippen LogP contribution < -0.4 is 5.32 Å². The average molecular weight is 328 g/mol. The zero-order chi connectivity index (χ0) is 16.2. The van der Waals surface area contributed by atoms with Crippen molar-refractivity contribution in [1.82, 2.24) is 9.78 Å². The number of carbonyl (C=O) groups excluding carboxylic acids is 1. The molecule has 116 valence electrons. The molecule has 0 radical (unpaired) electrons. The number of hydrogen-bond donors (Lipinski definition) is 2. The second-order valence-electron chi connectivity index (χ2n) is 4.99. The number of para-hydroxylation sites is 2. The molecule has 0 aliphatic rings. The van der Waals surface area contributed by atoms with Crippen molar-refractivity contribution in [3.8, 4) is 5.75 Å². The number of nitrogens with zero attached hydrogens (tertiary/aromatic N) is 2. The molecular weight excluding hydrogens is 314 g/mol. The molecule has 3 aromatic rings. The van der Waals surface area contributed by atoms with Gasteiger partial charge in [-0.25, -0.2) is 0 Å². The molecule has 1 amide bonds. The number of amides is 1. The third-order valence-corrected chi connectivity index (χ3v) is 3.71. The predicted molar refractivity (Wildman–Crippen MR) is 88.8 cm³/mol. The summed E-state index contributed by atoms with van der Waals surface area (Å²) < 4.78 is 1.64. The van der Waals surface area contributed by atoms with Gasteiger partial charge in [-0.3, -0.25) is 9.48 Å². The van der Waals surface area contributed by atoms with Gasteiger partial charge in [0.25, 0.3) is 5.91 Å². The number of rotatable bonds is 4. The summed E-state index contributed by atoms with van der Waals surface area (Å²) in [5.41, 5.74) is 1.68. The second kappa shape index (κ2) is 6.54. The summed E-state index contributed by atoms with van der Waals surface area (Å²) in [6.45, 7) is 0.476. The largest absolute Gasteiger partial charge is 0.506 e. The van der Waals surface area contributed by atoms with Crippen LogP contribution in [0, 0.1) is 0 Å². The van der Waals surface area contributed by atoms with Crippen molar-refractivity contribution in [3.63, 3.8) is 0 Å². The molecular formula is C17H14ClN3O2. The van der Waals surface area contributed by atoms with Crippen molar-refractivity contribution in [2.24, 2.45) is 0 Å². The minimum absolute atomic E-state index is 0.0179. The topological polar surface area (TPSA) is 67.2 Å². The molecule has 5 nitrogen and oxygen atoms in total. The predicted octanol–water partition coefficient (Wildman–Crippen LogP) is 3.54. The number of aromatic nitrogens is 2. The summed E-state index contributed by atoms with van der Waals surface area (Å²) in [6, 6.07) is 14.0. The first-order chi connectivity index (χ1) is 11.1. The fourth-order valence-electron chi connectivity index (χ4n) is 2.14. The zero-order valence-corrected chi connectivity index (χ0v) is 12.9. The maximum Gasteiger partial charge on any atom is 0.258 e. The van der Waals surface area contributed by atoms with Crippen LogP contribution in [-0.2, 0) is 6.54 Å². The third kappa shape index (κ3) is 3.52. The van der Waals surface area contributed by atoms with Gasteiger partial charge in [-0.1, -0.05) is 41.9 Å². The summed E-state index contributed by atoms with van der Waals surface area (Å²) in [5.74, 6) is -0.318. The lowest BCUT2D eigenvalue weighted by molar-refractivity contribution is 0.102. The number of anilines is 1. The highest BCUT2D eigenvalue weighted by Gasteiger charge is 2.11. The van der Waals surface area contributed by atoms with Gasteiger partial charge in [0, 0.05) is 11.2 Å². The van der Waals surface area contributed by atoms with Gasteiger partial charge in [0.2, 0.25) is 0 Å². The van der Waals surface area contributed by atoms with Gasteiger partial charge in [-0.05, 0) is 23.8 Å². The SMILES string of the molecule is O=C(Nc1ccccc1O)c1cnn(Cc2ccccc2Cl)c1. The average Bonchev–Trinajstić information content (AvgIpc) is 3.01. The van der Waals surface area contributed by atoms with E-state index < -0.39 is 0 Å². The number of benzene rings is 2. The number of halogens is 1. The van der Waals surface area contributed by atoms with Gasteiger partial charge in [-0.15, -0.1) is 0 Å². The Hall–Kier alpha value is -2.79. The first-order valence-electron chi connectivity index (χ1n) is 6.98. The Morgan fingerprint density at radius 1 is 1.17 bits per heavy atom. The molecule has 0 bridgehead atoms. The van der Waals surface area contributed by atoms with Crippen molar-refractivity contribution >= 4 is 23.2 Å². The molecule has 1 aromatic heterocycles. The van der Waals surface area contributed by atoms with Crippen molar-refractivity contribution in [1.29, 1.82) is 0 Å². The summed E-state index contributed by atoms with van der Waals surface area (Å²) in [5, 5.41) is 17.2. The van der Waals surface area contributed by atoms with Gasteiger partial charge in [0.05, 0.1) is 24.0 Å². The number of aromatic hydroxyl groups is 1. The fourth-order valence-corrected chi connectivity index (χ4v) is 2.34. The quantitative estimate of drug-likeness (QED) is 0.720. The molecule has 0 saturated carbocycles. The molecule has 23 heavy (non-hydrogen) atoms. The van der Waals surface area contributed by atoms with E-state index in [1.807, 2.05) is 24.3 Å². The monoisotopic (exact) mass is 327 g/mol. The molecule has 0 aliphatic heterocycles. The van der Waals surface area contributed by atoms with Crippen LogP contribution >= 0.6 is 11.6 Å². The zero-order valence-electron chi connectivity index (χ0n) is 12.1. The maximum absolute atomic E-state index is 12.2. The van der Waals surface area contributed by atoms with Crippen LogP contribution in [0.3, 0.4) is 0 Å². The molecule has 0 spiro atoms. The smallest absolute Gasteiger partial charge is 0.258 e. The van der Waals surface area contributed by atoms with E-state index >= 15 is 0 Å². The van der Waals surface area contributed by atoms with E-state index in [1.54, 1.807) is 29.1 Å². The Morgan fingerprint density at radius 3 is 2.70 bits per heavy atom. The number of phenolic OH excluding ortho intramolecular Hbond substituents is 1. The lowest BCUT2D eigenvalue weighted by Crippen LogP contribution is -2.11. The first kappa shape index (κ1) is 15.1. The molecule has 3 rings (SSSR count). The number of carbonyl (C=O) groups is 1. The van der Waals surface area contributed by atoms with E-state index in [-0.39, 0.29) is 11.7 Å². The van der Waals surface area contributed by atoms with E-state index in [1.165, 1.54) is 12.3 Å².